The monoisotopic (exact) mass is 380 g/mol. The van der Waals surface area contributed by atoms with Gasteiger partial charge in [-0.1, -0.05) is 109 Å². The average Bonchev–Trinajstić information content (AvgIpc) is 2.84. The summed E-state index contributed by atoms with van der Waals surface area (Å²) in [5.41, 5.74) is 5.01. The maximum atomic E-state index is 2.36. The summed E-state index contributed by atoms with van der Waals surface area (Å²) in [6.07, 6.45) is 0. The summed E-state index contributed by atoms with van der Waals surface area (Å²) < 4.78 is 0. The van der Waals surface area contributed by atoms with Crippen molar-refractivity contribution in [2.45, 2.75) is 0 Å². The Bertz CT molecular complexity index is 1390. The molecule has 0 amide bonds. The first-order valence-electron chi connectivity index (χ1n) is 10.4. The lowest BCUT2D eigenvalue weighted by molar-refractivity contribution is 1.64. The van der Waals surface area contributed by atoms with Crippen LogP contribution in [0.25, 0.3) is 54.6 Å². The molecule has 0 heterocycles. The van der Waals surface area contributed by atoms with Crippen LogP contribution in [0.5, 0.6) is 0 Å². The maximum Gasteiger partial charge on any atom is -0.00926 e. The second kappa shape index (κ2) is 6.86. The molecule has 0 saturated carbocycles. The highest BCUT2D eigenvalue weighted by Crippen LogP contribution is 2.38. The van der Waals surface area contributed by atoms with Crippen molar-refractivity contribution in [1.82, 2.24) is 0 Å². The van der Waals surface area contributed by atoms with Gasteiger partial charge in [-0.2, -0.15) is 0 Å². The molecule has 0 atom stereocenters. The summed E-state index contributed by atoms with van der Waals surface area (Å²) in [6.45, 7) is 0. The Morgan fingerprint density at radius 2 is 0.600 bits per heavy atom. The molecule has 0 N–H and O–H groups in total. The fourth-order valence-corrected chi connectivity index (χ4v) is 4.58. The van der Waals surface area contributed by atoms with E-state index in [0.717, 1.165) is 0 Å². The van der Waals surface area contributed by atoms with E-state index in [1.807, 2.05) is 0 Å². The van der Waals surface area contributed by atoms with E-state index in [0.29, 0.717) is 0 Å². The van der Waals surface area contributed by atoms with Gasteiger partial charge < -0.3 is 0 Å². The molecule has 0 aliphatic heterocycles. The molecule has 6 aromatic rings. The highest BCUT2D eigenvalue weighted by atomic mass is 14.1. The first kappa shape index (κ1) is 17.0. The minimum atomic E-state index is 1.25. The van der Waals surface area contributed by atoms with Gasteiger partial charge in [0.05, 0.1) is 0 Å². The van der Waals surface area contributed by atoms with Gasteiger partial charge in [-0.15, -0.1) is 0 Å². The zero-order valence-electron chi connectivity index (χ0n) is 16.5. The minimum Gasteiger partial charge on any atom is -0.0622 e. The average molecular weight is 380 g/mol. The van der Waals surface area contributed by atoms with Crippen LogP contribution in [-0.2, 0) is 0 Å². The third-order valence-electron chi connectivity index (χ3n) is 6.05. The van der Waals surface area contributed by atoms with E-state index >= 15 is 0 Å². The van der Waals surface area contributed by atoms with Crippen molar-refractivity contribution < 1.29 is 0 Å². The van der Waals surface area contributed by atoms with E-state index < -0.39 is 0 Å². The molecule has 0 aliphatic rings. The molecule has 0 saturated heterocycles. The largest absolute Gasteiger partial charge is 0.0622 e. The Balaban J connectivity index is 1.73. The predicted octanol–water partition coefficient (Wildman–Crippen LogP) is 8.48. The molecule has 6 rings (SSSR count). The lowest BCUT2D eigenvalue weighted by atomic mass is 9.90. The molecule has 140 valence electrons. The maximum absolute atomic E-state index is 2.36. The molecule has 30 heavy (non-hydrogen) atoms. The van der Waals surface area contributed by atoms with Gasteiger partial charge in [0.2, 0.25) is 0 Å². The SMILES string of the molecule is c1ccc(-c2ccc3c4ccccc4c4ccc(-c5ccccc5)cc4c3c2)cc1. The summed E-state index contributed by atoms with van der Waals surface area (Å²) >= 11 is 0. The fraction of sp³-hybridized carbons (Fsp3) is 0. The van der Waals surface area contributed by atoms with Crippen molar-refractivity contribution in [1.29, 1.82) is 0 Å². The van der Waals surface area contributed by atoms with Gasteiger partial charge >= 0.3 is 0 Å². The molecule has 6 aromatic carbocycles. The number of fused-ring (bicyclic) bond motifs is 6. The number of hydrogen-bond donors (Lipinski definition) is 0. The van der Waals surface area contributed by atoms with E-state index in [9.17, 15) is 0 Å². The smallest absolute Gasteiger partial charge is 0.00926 e. The topological polar surface area (TPSA) is 0 Å². The van der Waals surface area contributed by atoms with E-state index in [1.165, 1.54) is 54.6 Å². The Kier molecular flexibility index (Phi) is 3.89. The number of benzene rings is 6. The van der Waals surface area contributed by atoms with Crippen LogP contribution in [0.15, 0.2) is 121 Å². The summed E-state index contributed by atoms with van der Waals surface area (Å²) in [5, 5.41) is 7.86. The van der Waals surface area contributed by atoms with Crippen molar-refractivity contribution in [2.75, 3.05) is 0 Å². The van der Waals surface area contributed by atoms with Gasteiger partial charge in [0.25, 0.3) is 0 Å². The normalized spacial score (nSPS) is 11.3. The van der Waals surface area contributed by atoms with Gasteiger partial charge in [0.1, 0.15) is 0 Å². The highest BCUT2D eigenvalue weighted by molar-refractivity contribution is 6.26. The summed E-state index contributed by atoms with van der Waals surface area (Å²) in [5.74, 6) is 0. The first-order chi connectivity index (χ1) is 14.9. The zero-order chi connectivity index (χ0) is 19.9. The van der Waals surface area contributed by atoms with Gasteiger partial charge in [-0.3, -0.25) is 0 Å². The molecule has 0 nitrogen and oxygen atoms in total. The van der Waals surface area contributed by atoms with Crippen molar-refractivity contribution in [3.8, 4) is 22.3 Å². The number of rotatable bonds is 2. The Morgan fingerprint density at radius 1 is 0.233 bits per heavy atom. The standard InChI is InChI=1S/C30H20/c1-3-9-21(10-4-1)23-15-17-27-25-13-7-8-14-26(25)28-18-16-24(20-30(28)29(27)19-23)22-11-5-2-6-12-22/h1-20H. The molecule has 0 radical (unpaired) electrons. The van der Waals surface area contributed by atoms with E-state index in [1.54, 1.807) is 0 Å². The molecule has 0 fully saturated rings. The van der Waals surface area contributed by atoms with Crippen LogP contribution in [-0.4, -0.2) is 0 Å². The second-order valence-electron chi connectivity index (χ2n) is 7.80. The van der Waals surface area contributed by atoms with Gasteiger partial charge in [0.15, 0.2) is 0 Å². The molecule has 0 aromatic heterocycles. The lowest BCUT2D eigenvalue weighted by Gasteiger charge is -2.13. The molecular weight excluding hydrogens is 360 g/mol. The fourth-order valence-electron chi connectivity index (χ4n) is 4.58. The third kappa shape index (κ3) is 2.69. The van der Waals surface area contributed by atoms with Gasteiger partial charge in [0, 0.05) is 0 Å². The Morgan fingerprint density at radius 3 is 1.03 bits per heavy atom. The summed E-state index contributed by atoms with van der Waals surface area (Å²) in [4.78, 5) is 0. The minimum absolute atomic E-state index is 1.25. The number of hydrogen-bond acceptors (Lipinski definition) is 0. The molecule has 0 heteroatoms. The zero-order valence-corrected chi connectivity index (χ0v) is 16.5. The van der Waals surface area contributed by atoms with E-state index in [2.05, 4.69) is 121 Å². The van der Waals surface area contributed by atoms with Crippen molar-refractivity contribution >= 4 is 32.3 Å². The third-order valence-corrected chi connectivity index (χ3v) is 6.05. The van der Waals surface area contributed by atoms with Crippen LogP contribution in [0.1, 0.15) is 0 Å². The van der Waals surface area contributed by atoms with E-state index in [-0.39, 0.29) is 0 Å². The molecule has 0 aliphatic carbocycles. The predicted molar refractivity (Wildman–Crippen MR) is 130 cm³/mol. The van der Waals surface area contributed by atoms with Crippen LogP contribution >= 0.6 is 0 Å². The molecular formula is C30H20. The van der Waals surface area contributed by atoms with Crippen LogP contribution in [0.4, 0.5) is 0 Å². The van der Waals surface area contributed by atoms with Gasteiger partial charge in [-0.05, 0) is 66.7 Å². The lowest BCUT2D eigenvalue weighted by Crippen LogP contribution is -1.86. The molecule has 0 unspecified atom stereocenters. The quantitative estimate of drug-likeness (QED) is 0.264. The molecule has 0 bridgehead atoms. The van der Waals surface area contributed by atoms with E-state index in [4.69, 9.17) is 0 Å². The molecule has 0 spiro atoms. The van der Waals surface area contributed by atoms with Crippen molar-refractivity contribution in [3.63, 3.8) is 0 Å². The highest BCUT2D eigenvalue weighted by Gasteiger charge is 2.11. The van der Waals surface area contributed by atoms with Crippen LogP contribution in [0.3, 0.4) is 0 Å². The van der Waals surface area contributed by atoms with Crippen LogP contribution in [0.2, 0.25) is 0 Å². The Labute approximate surface area is 176 Å². The van der Waals surface area contributed by atoms with Crippen molar-refractivity contribution in [2.24, 2.45) is 0 Å². The first-order valence-corrected chi connectivity index (χ1v) is 10.4. The van der Waals surface area contributed by atoms with Crippen LogP contribution in [0, 0.1) is 0 Å². The van der Waals surface area contributed by atoms with Gasteiger partial charge in [-0.25, -0.2) is 0 Å². The summed E-state index contributed by atoms with van der Waals surface area (Å²) in [7, 11) is 0. The Hall–Kier alpha value is -3.90. The summed E-state index contributed by atoms with van der Waals surface area (Å²) in [6, 6.07) is 43.8. The van der Waals surface area contributed by atoms with Crippen LogP contribution < -0.4 is 0 Å². The van der Waals surface area contributed by atoms with Crippen molar-refractivity contribution in [3.05, 3.63) is 121 Å². The second-order valence-corrected chi connectivity index (χ2v) is 7.80.